The van der Waals surface area contributed by atoms with Crippen LogP contribution < -0.4 is 10.2 Å². The van der Waals surface area contributed by atoms with E-state index in [1.807, 2.05) is 7.05 Å². The molecule has 1 unspecified atom stereocenters. The summed E-state index contributed by atoms with van der Waals surface area (Å²) in [5.41, 5.74) is 2.82. The second kappa shape index (κ2) is 5.54. The Bertz CT molecular complexity index is 358. The van der Waals surface area contributed by atoms with Crippen molar-refractivity contribution < 1.29 is 0 Å². The minimum atomic E-state index is 0.416. The predicted octanol–water partition coefficient (Wildman–Crippen LogP) is 3.20. The third kappa shape index (κ3) is 3.01. The molecule has 1 aliphatic carbocycles. The molecule has 1 N–H and O–H groups in total. The Morgan fingerprint density at radius 2 is 2.06 bits per heavy atom. The molecule has 94 valence electrons. The number of nitrogens with one attached hydrogen (secondary N) is 1. The van der Waals surface area contributed by atoms with Crippen molar-refractivity contribution >= 4 is 5.69 Å². The molecule has 0 amide bonds. The fourth-order valence-electron chi connectivity index (χ4n) is 2.31. The van der Waals surface area contributed by atoms with Crippen LogP contribution in [0, 0.1) is 5.92 Å². The van der Waals surface area contributed by atoms with E-state index in [1.165, 1.54) is 30.6 Å². The highest BCUT2D eigenvalue weighted by molar-refractivity contribution is 5.55. The van der Waals surface area contributed by atoms with E-state index < -0.39 is 0 Å². The summed E-state index contributed by atoms with van der Waals surface area (Å²) in [6.07, 6.45) is 2.83. The Labute approximate surface area is 105 Å². The van der Waals surface area contributed by atoms with E-state index in [0.29, 0.717) is 6.04 Å². The van der Waals surface area contributed by atoms with Crippen molar-refractivity contribution in [1.29, 1.82) is 0 Å². The van der Waals surface area contributed by atoms with Gasteiger partial charge in [-0.15, -0.1) is 0 Å². The highest BCUT2D eigenvalue weighted by atomic mass is 15.1. The van der Waals surface area contributed by atoms with Crippen LogP contribution in [0.25, 0.3) is 0 Å². The molecule has 1 aromatic carbocycles. The van der Waals surface area contributed by atoms with Gasteiger partial charge in [-0.05, 0) is 51.3 Å². The minimum absolute atomic E-state index is 0.416. The number of hydrogen-bond acceptors (Lipinski definition) is 2. The summed E-state index contributed by atoms with van der Waals surface area (Å²) >= 11 is 0. The zero-order valence-corrected chi connectivity index (χ0v) is 11.2. The van der Waals surface area contributed by atoms with E-state index in [-0.39, 0.29) is 0 Å². The Morgan fingerprint density at radius 1 is 1.35 bits per heavy atom. The maximum atomic E-state index is 3.34. The van der Waals surface area contributed by atoms with Gasteiger partial charge in [0.05, 0.1) is 0 Å². The molecule has 1 saturated carbocycles. The molecule has 0 aromatic heterocycles. The van der Waals surface area contributed by atoms with E-state index in [2.05, 4.69) is 48.3 Å². The van der Waals surface area contributed by atoms with E-state index in [9.17, 15) is 0 Å². The van der Waals surface area contributed by atoms with Crippen molar-refractivity contribution in [1.82, 2.24) is 5.32 Å². The molecular formula is C15H24N2. The first-order chi connectivity index (χ1) is 8.26. The largest absolute Gasteiger partial charge is 0.371 e. The van der Waals surface area contributed by atoms with Crippen LogP contribution in [0.2, 0.25) is 0 Å². The first kappa shape index (κ1) is 12.4. The van der Waals surface area contributed by atoms with Crippen molar-refractivity contribution in [3.63, 3.8) is 0 Å². The Morgan fingerprint density at radius 3 is 2.65 bits per heavy atom. The maximum Gasteiger partial charge on any atom is 0.0414 e. The third-order valence-electron chi connectivity index (χ3n) is 3.73. The van der Waals surface area contributed by atoms with Crippen LogP contribution in [-0.4, -0.2) is 20.1 Å². The smallest absolute Gasteiger partial charge is 0.0414 e. The van der Waals surface area contributed by atoms with Crippen molar-refractivity contribution in [2.75, 3.05) is 25.0 Å². The van der Waals surface area contributed by atoms with Gasteiger partial charge in [-0.3, -0.25) is 0 Å². The molecule has 0 spiro atoms. The molecule has 0 bridgehead atoms. The van der Waals surface area contributed by atoms with Gasteiger partial charge < -0.3 is 10.2 Å². The lowest BCUT2D eigenvalue weighted by atomic mass is 10.0. The van der Waals surface area contributed by atoms with Gasteiger partial charge in [0, 0.05) is 24.8 Å². The predicted molar refractivity (Wildman–Crippen MR) is 74.5 cm³/mol. The van der Waals surface area contributed by atoms with Crippen LogP contribution in [-0.2, 0) is 0 Å². The second-order valence-electron chi connectivity index (χ2n) is 5.05. The van der Waals surface area contributed by atoms with Gasteiger partial charge in [0.25, 0.3) is 0 Å². The van der Waals surface area contributed by atoms with Crippen molar-refractivity contribution in [3.05, 3.63) is 29.8 Å². The summed E-state index contributed by atoms with van der Waals surface area (Å²) in [4.78, 5) is 2.53. The van der Waals surface area contributed by atoms with E-state index in [4.69, 9.17) is 0 Å². The monoisotopic (exact) mass is 232 g/mol. The van der Waals surface area contributed by atoms with Gasteiger partial charge >= 0.3 is 0 Å². The van der Waals surface area contributed by atoms with Gasteiger partial charge in [0.1, 0.15) is 0 Å². The topological polar surface area (TPSA) is 15.3 Å². The molecule has 0 heterocycles. The van der Waals surface area contributed by atoms with Gasteiger partial charge in [-0.1, -0.05) is 18.2 Å². The van der Waals surface area contributed by atoms with E-state index in [0.717, 1.165) is 12.5 Å². The average molecular weight is 232 g/mol. The average Bonchev–Trinajstić information content (AvgIpc) is 3.19. The number of nitrogens with zero attached hydrogens (tertiary/aromatic N) is 1. The second-order valence-corrected chi connectivity index (χ2v) is 5.05. The van der Waals surface area contributed by atoms with Gasteiger partial charge in [0.15, 0.2) is 0 Å². The molecule has 2 heteroatoms. The summed E-state index contributed by atoms with van der Waals surface area (Å²) in [5.74, 6) is 0.938. The molecule has 1 atom stereocenters. The zero-order valence-electron chi connectivity index (χ0n) is 11.2. The lowest BCUT2D eigenvalue weighted by Crippen LogP contribution is -2.27. The number of hydrogen-bond donors (Lipinski definition) is 1. The molecule has 2 rings (SSSR count). The summed E-state index contributed by atoms with van der Waals surface area (Å²) in [7, 11) is 2.03. The molecule has 1 fully saturated rings. The fraction of sp³-hybridized carbons (Fsp3) is 0.600. The first-order valence-corrected chi connectivity index (χ1v) is 6.77. The Kier molecular flexibility index (Phi) is 4.06. The standard InChI is InChI=1S/C15H24N2/c1-4-17(11-13-9-10-13)15-8-6-5-7-14(15)12(2)16-3/h5-8,12-13,16H,4,9-11H2,1-3H3. The molecule has 2 nitrogen and oxygen atoms in total. The normalized spacial score (nSPS) is 16.9. The van der Waals surface area contributed by atoms with Gasteiger partial charge in [-0.2, -0.15) is 0 Å². The Balaban J connectivity index is 2.21. The summed E-state index contributed by atoms with van der Waals surface area (Å²) < 4.78 is 0. The van der Waals surface area contributed by atoms with Crippen LogP contribution in [0.4, 0.5) is 5.69 Å². The van der Waals surface area contributed by atoms with Crippen molar-refractivity contribution in [2.45, 2.75) is 32.7 Å². The number of anilines is 1. The number of para-hydroxylation sites is 1. The summed E-state index contributed by atoms with van der Waals surface area (Å²) in [6, 6.07) is 9.20. The lowest BCUT2D eigenvalue weighted by molar-refractivity contribution is 0.644. The SMILES string of the molecule is CCN(CC1CC1)c1ccccc1C(C)NC. The van der Waals surface area contributed by atoms with E-state index >= 15 is 0 Å². The van der Waals surface area contributed by atoms with Crippen LogP contribution in [0.3, 0.4) is 0 Å². The molecule has 0 saturated heterocycles. The van der Waals surface area contributed by atoms with Crippen LogP contribution in [0.1, 0.15) is 38.3 Å². The van der Waals surface area contributed by atoms with Crippen molar-refractivity contribution in [2.24, 2.45) is 5.92 Å². The Hall–Kier alpha value is -1.02. The highest BCUT2D eigenvalue weighted by Crippen LogP contribution is 2.33. The number of benzene rings is 1. The molecule has 0 radical (unpaired) electrons. The summed E-state index contributed by atoms with van der Waals surface area (Å²) in [5, 5.41) is 3.34. The van der Waals surface area contributed by atoms with Crippen LogP contribution >= 0.6 is 0 Å². The minimum Gasteiger partial charge on any atom is -0.371 e. The van der Waals surface area contributed by atoms with Crippen LogP contribution in [0.15, 0.2) is 24.3 Å². The number of rotatable bonds is 6. The fourth-order valence-corrected chi connectivity index (χ4v) is 2.31. The zero-order chi connectivity index (χ0) is 12.3. The molecule has 1 aliphatic rings. The third-order valence-corrected chi connectivity index (χ3v) is 3.73. The lowest BCUT2D eigenvalue weighted by Gasteiger charge is -2.27. The van der Waals surface area contributed by atoms with Gasteiger partial charge in [0.2, 0.25) is 0 Å². The molecule has 17 heavy (non-hydrogen) atoms. The van der Waals surface area contributed by atoms with Crippen LogP contribution in [0.5, 0.6) is 0 Å². The molecular weight excluding hydrogens is 208 g/mol. The van der Waals surface area contributed by atoms with Crippen molar-refractivity contribution in [3.8, 4) is 0 Å². The molecule has 0 aliphatic heterocycles. The van der Waals surface area contributed by atoms with Gasteiger partial charge in [-0.25, -0.2) is 0 Å². The highest BCUT2D eigenvalue weighted by Gasteiger charge is 2.25. The maximum absolute atomic E-state index is 3.34. The molecule has 1 aromatic rings. The first-order valence-electron chi connectivity index (χ1n) is 6.77. The van der Waals surface area contributed by atoms with E-state index in [1.54, 1.807) is 0 Å². The quantitative estimate of drug-likeness (QED) is 0.810. The summed E-state index contributed by atoms with van der Waals surface area (Å²) in [6.45, 7) is 6.81.